The number of aromatic nitrogens is 2. The number of anilines is 1. The quantitative estimate of drug-likeness (QED) is 0.877. The van der Waals surface area contributed by atoms with E-state index in [1.807, 2.05) is 0 Å². The highest BCUT2D eigenvalue weighted by atomic mass is 32.1. The first-order chi connectivity index (χ1) is 8.84. The van der Waals surface area contributed by atoms with Gasteiger partial charge >= 0.3 is 0 Å². The topological polar surface area (TPSA) is 59.1 Å². The zero-order valence-corrected chi connectivity index (χ0v) is 11.1. The fourth-order valence-corrected chi connectivity index (χ4v) is 3.02. The largest absolute Gasteiger partial charge is 0.374 e. The maximum Gasteiger partial charge on any atom is 0.147 e. The van der Waals surface area contributed by atoms with Crippen molar-refractivity contribution < 1.29 is 4.74 Å². The second-order valence-electron chi connectivity index (χ2n) is 4.40. The normalized spacial score (nSPS) is 20.2. The molecule has 5 nitrogen and oxygen atoms in total. The first-order valence-corrected chi connectivity index (χ1v) is 6.97. The van der Waals surface area contributed by atoms with Gasteiger partial charge in [0.2, 0.25) is 0 Å². The van der Waals surface area contributed by atoms with Crippen molar-refractivity contribution in [3.8, 4) is 0 Å². The molecular formula is C12H16N4OS. The predicted octanol–water partition coefficient (Wildman–Crippen LogP) is 1.40. The smallest absolute Gasteiger partial charge is 0.147 e. The van der Waals surface area contributed by atoms with E-state index >= 15 is 0 Å². The summed E-state index contributed by atoms with van der Waals surface area (Å²) in [4.78, 5) is 8.63. The van der Waals surface area contributed by atoms with Crippen molar-refractivity contribution in [2.24, 2.45) is 0 Å². The van der Waals surface area contributed by atoms with Crippen LogP contribution in [-0.2, 0) is 4.74 Å². The lowest BCUT2D eigenvalue weighted by atomic mass is 10.3. The fourth-order valence-electron chi connectivity index (χ4n) is 2.06. The lowest BCUT2D eigenvalue weighted by molar-refractivity contribution is 0.0372. The number of aryl methyl sites for hydroxylation is 1. The van der Waals surface area contributed by atoms with Crippen LogP contribution in [0.4, 0.5) is 5.82 Å². The van der Waals surface area contributed by atoms with Crippen molar-refractivity contribution in [2.45, 2.75) is 13.0 Å². The second kappa shape index (κ2) is 5.17. The molecule has 18 heavy (non-hydrogen) atoms. The summed E-state index contributed by atoms with van der Waals surface area (Å²) in [5.74, 6) is 0.910. The van der Waals surface area contributed by atoms with Gasteiger partial charge in [0.1, 0.15) is 12.1 Å². The summed E-state index contributed by atoms with van der Waals surface area (Å²) in [6.07, 6.45) is 1.83. The van der Waals surface area contributed by atoms with Crippen LogP contribution in [0.15, 0.2) is 11.7 Å². The minimum Gasteiger partial charge on any atom is -0.374 e. The van der Waals surface area contributed by atoms with E-state index in [0.717, 1.165) is 42.3 Å². The zero-order chi connectivity index (χ0) is 12.4. The van der Waals surface area contributed by atoms with Crippen LogP contribution in [-0.4, -0.2) is 42.3 Å². The monoisotopic (exact) mass is 264 g/mol. The van der Waals surface area contributed by atoms with Gasteiger partial charge in [-0.25, -0.2) is 9.97 Å². The van der Waals surface area contributed by atoms with Crippen molar-refractivity contribution in [2.75, 3.05) is 31.6 Å². The molecule has 3 heterocycles. The van der Waals surface area contributed by atoms with Crippen LogP contribution in [0.25, 0.3) is 10.2 Å². The van der Waals surface area contributed by atoms with E-state index in [1.165, 1.54) is 5.56 Å². The molecule has 0 aliphatic carbocycles. The van der Waals surface area contributed by atoms with Gasteiger partial charge in [0, 0.05) is 19.6 Å². The highest BCUT2D eigenvalue weighted by Crippen LogP contribution is 2.28. The maximum absolute atomic E-state index is 5.65. The Morgan fingerprint density at radius 3 is 3.33 bits per heavy atom. The van der Waals surface area contributed by atoms with Crippen LogP contribution in [0, 0.1) is 6.92 Å². The number of nitrogens with one attached hydrogen (secondary N) is 2. The highest BCUT2D eigenvalue weighted by Gasteiger charge is 2.14. The molecule has 0 aromatic carbocycles. The standard InChI is InChI=1S/C12H16N4OS/c1-8-6-18-11-10(8)15-7-16-12(11)14-5-9-4-13-2-3-17-9/h6-7,9,13H,2-5H2,1H3,(H,14,15,16). The minimum absolute atomic E-state index is 0.213. The number of hydrogen-bond acceptors (Lipinski definition) is 6. The minimum atomic E-state index is 0.213. The average molecular weight is 264 g/mol. The van der Waals surface area contributed by atoms with Gasteiger partial charge in [-0.3, -0.25) is 0 Å². The summed E-state index contributed by atoms with van der Waals surface area (Å²) >= 11 is 1.68. The van der Waals surface area contributed by atoms with E-state index in [2.05, 4.69) is 32.9 Å². The summed E-state index contributed by atoms with van der Waals surface area (Å²) in [5, 5.41) is 8.80. The summed E-state index contributed by atoms with van der Waals surface area (Å²) in [6.45, 7) is 5.46. The predicted molar refractivity (Wildman–Crippen MR) is 73.3 cm³/mol. The Bertz CT molecular complexity index is 536. The third-order valence-electron chi connectivity index (χ3n) is 3.03. The zero-order valence-electron chi connectivity index (χ0n) is 10.3. The fraction of sp³-hybridized carbons (Fsp3) is 0.500. The van der Waals surface area contributed by atoms with Crippen LogP contribution in [0.2, 0.25) is 0 Å². The molecule has 0 spiro atoms. The molecule has 2 aromatic rings. The molecule has 3 rings (SSSR count). The highest BCUT2D eigenvalue weighted by molar-refractivity contribution is 7.18. The van der Waals surface area contributed by atoms with Crippen LogP contribution >= 0.6 is 11.3 Å². The van der Waals surface area contributed by atoms with E-state index in [9.17, 15) is 0 Å². The molecule has 2 aromatic heterocycles. The van der Waals surface area contributed by atoms with Crippen LogP contribution in [0.5, 0.6) is 0 Å². The van der Waals surface area contributed by atoms with E-state index in [4.69, 9.17) is 4.74 Å². The molecule has 1 aliphatic heterocycles. The molecule has 1 saturated heterocycles. The third kappa shape index (κ3) is 2.31. The SMILES string of the molecule is Cc1csc2c(NCC3CNCCO3)ncnc12. The molecular weight excluding hydrogens is 248 g/mol. The first kappa shape index (κ1) is 11.8. The van der Waals surface area contributed by atoms with Gasteiger partial charge in [0.15, 0.2) is 0 Å². The molecule has 0 saturated carbocycles. The molecule has 1 unspecified atom stereocenters. The van der Waals surface area contributed by atoms with Gasteiger partial charge in [-0.05, 0) is 17.9 Å². The molecule has 0 bridgehead atoms. The lowest BCUT2D eigenvalue weighted by Crippen LogP contribution is -2.42. The molecule has 0 amide bonds. The summed E-state index contributed by atoms with van der Waals surface area (Å²) < 4.78 is 6.78. The average Bonchev–Trinajstić information content (AvgIpc) is 2.80. The summed E-state index contributed by atoms with van der Waals surface area (Å²) in [6, 6.07) is 0. The Kier molecular flexibility index (Phi) is 3.40. The van der Waals surface area contributed by atoms with Crippen molar-refractivity contribution in [3.63, 3.8) is 0 Å². The van der Waals surface area contributed by atoms with Gasteiger partial charge < -0.3 is 15.4 Å². The van der Waals surface area contributed by atoms with E-state index in [1.54, 1.807) is 17.7 Å². The maximum atomic E-state index is 5.65. The van der Waals surface area contributed by atoms with Crippen LogP contribution in [0.3, 0.4) is 0 Å². The molecule has 1 atom stereocenters. The van der Waals surface area contributed by atoms with E-state index in [-0.39, 0.29) is 6.10 Å². The van der Waals surface area contributed by atoms with Gasteiger partial charge in [-0.1, -0.05) is 0 Å². The molecule has 1 fully saturated rings. The summed E-state index contributed by atoms with van der Waals surface area (Å²) in [7, 11) is 0. The third-order valence-corrected chi connectivity index (χ3v) is 4.13. The van der Waals surface area contributed by atoms with Gasteiger partial charge in [0.25, 0.3) is 0 Å². The number of thiophene rings is 1. The van der Waals surface area contributed by atoms with E-state index in [0.29, 0.717) is 0 Å². The number of ether oxygens (including phenoxy) is 1. The number of nitrogens with zero attached hydrogens (tertiary/aromatic N) is 2. The van der Waals surface area contributed by atoms with Gasteiger partial charge in [-0.15, -0.1) is 11.3 Å². The van der Waals surface area contributed by atoms with Crippen molar-refractivity contribution in [3.05, 3.63) is 17.3 Å². The first-order valence-electron chi connectivity index (χ1n) is 6.09. The van der Waals surface area contributed by atoms with Gasteiger partial charge in [0.05, 0.1) is 22.9 Å². The number of hydrogen-bond donors (Lipinski definition) is 2. The van der Waals surface area contributed by atoms with Crippen LogP contribution < -0.4 is 10.6 Å². The molecule has 6 heteroatoms. The number of fused-ring (bicyclic) bond motifs is 1. The number of rotatable bonds is 3. The second-order valence-corrected chi connectivity index (χ2v) is 5.28. The van der Waals surface area contributed by atoms with Crippen molar-refractivity contribution in [1.82, 2.24) is 15.3 Å². The van der Waals surface area contributed by atoms with Gasteiger partial charge in [-0.2, -0.15) is 0 Å². The van der Waals surface area contributed by atoms with Crippen molar-refractivity contribution in [1.29, 1.82) is 0 Å². The molecule has 1 aliphatic rings. The Morgan fingerprint density at radius 1 is 1.56 bits per heavy atom. The molecule has 96 valence electrons. The number of morpholine rings is 1. The Morgan fingerprint density at radius 2 is 2.50 bits per heavy atom. The molecule has 0 radical (unpaired) electrons. The van der Waals surface area contributed by atoms with Crippen molar-refractivity contribution >= 4 is 27.4 Å². The summed E-state index contributed by atoms with van der Waals surface area (Å²) in [5.41, 5.74) is 2.25. The van der Waals surface area contributed by atoms with E-state index < -0.39 is 0 Å². The Labute approximate surface area is 110 Å². The Hall–Kier alpha value is -1.24. The van der Waals surface area contributed by atoms with Crippen LogP contribution in [0.1, 0.15) is 5.56 Å². The lowest BCUT2D eigenvalue weighted by Gasteiger charge is -2.23. The Balaban J connectivity index is 1.74. The molecule has 2 N–H and O–H groups in total.